The highest BCUT2D eigenvalue weighted by atomic mass is 19.1. The van der Waals surface area contributed by atoms with Crippen molar-refractivity contribution in [3.63, 3.8) is 0 Å². The number of amides is 1. The molecule has 5 rings (SSSR count). The summed E-state index contributed by atoms with van der Waals surface area (Å²) in [6, 6.07) is 9.02. The number of rotatable bonds is 5. The molecule has 2 aliphatic rings. The van der Waals surface area contributed by atoms with Crippen LogP contribution in [0.3, 0.4) is 0 Å². The van der Waals surface area contributed by atoms with Crippen LogP contribution in [0.25, 0.3) is 11.0 Å². The highest BCUT2D eigenvalue weighted by molar-refractivity contribution is 5.95. The molecule has 9 heteroatoms. The van der Waals surface area contributed by atoms with Gasteiger partial charge in [0.15, 0.2) is 11.6 Å². The second kappa shape index (κ2) is 10.3. The lowest BCUT2D eigenvalue weighted by atomic mass is 9.85. The van der Waals surface area contributed by atoms with Crippen LogP contribution in [0.2, 0.25) is 0 Å². The van der Waals surface area contributed by atoms with Gasteiger partial charge in [0, 0.05) is 23.6 Å². The fourth-order valence-corrected chi connectivity index (χ4v) is 6.16. The largest absolute Gasteiger partial charge is 0.494 e. The molecule has 2 aromatic carbocycles. The van der Waals surface area contributed by atoms with E-state index in [1.165, 1.54) is 20.3 Å². The molecule has 2 atom stereocenters. The molecule has 1 aliphatic heterocycles. The van der Waals surface area contributed by atoms with E-state index in [4.69, 9.17) is 14.5 Å². The number of halogens is 1. The van der Waals surface area contributed by atoms with Gasteiger partial charge in [-0.15, -0.1) is 0 Å². The molecule has 1 N–H and O–H groups in total. The highest BCUT2D eigenvalue weighted by Crippen LogP contribution is 2.42. The van der Waals surface area contributed by atoms with E-state index in [0.717, 1.165) is 59.4 Å². The molecule has 1 aromatic heterocycles. The molecule has 1 aliphatic carbocycles. The van der Waals surface area contributed by atoms with Crippen molar-refractivity contribution in [3.8, 4) is 5.75 Å². The summed E-state index contributed by atoms with van der Waals surface area (Å²) < 4.78 is 27.1. The maximum atomic E-state index is 14.7. The van der Waals surface area contributed by atoms with Crippen molar-refractivity contribution in [3.05, 3.63) is 53.1 Å². The fraction of sp³-hybridized carbons (Fsp3) is 0.483. The molecule has 1 saturated carbocycles. The van der Waals surface area contributed by atoms with E-state index in [-0.39, 0.29) is 29.7 Å². The van der Waals surface area contributed by atoms with Crippen LogP contribution in [0.1, 0.15) is 74.9 Å². The number of fused-ring (bicyclic) bond motifs is 3. The van der Waals surface area contributed by atoms with E-state index >= 15 is 0 Å². The van der Waals surface area contributed by atoms with E-state index in [1.807, 2.05) is 32.0 Å². The molecule has 3 aromatic rings. The summed E-state index contributed by atoms with van der Waals surface area (Å²) in [4.78, 5) is 31.1. The second-order valence-corrected chi connectivity index (χ2v) is 10.5. The third-order valence-electron chi connectivity index (χ3n) is 8.33. The first-order chi connectivity index (χ1) is 18.2. The Hall–Kier alpha value is -3.62. The Morgan fingerprint density at radius 3 is 2.47 bits per heavy atom. The number of imidazole rings is 1. The number of carboxylic acids is 1. The normalized spacial score (nSPS) is 22.1. The Bertz CT molecular complexity index is 1380. The Morgan fingerprint density at radius 2 is 1.84 bits per heavy atom. The maximum absolute atomic E-state index is 14.7. The van der Waals surface area contributed by atoms with Crippen LogP contribution in [0.5, 0.6) is 5.75 Å². The number of aromatic nitrogens is 2. The molecule has 8 nitrogen and oxygen atoms in total. The molecule has 0 unspecified atom stereocenters. The van der Waals surface area contributed by atoms with Crippen LogP contribution in [0.4, 0.5) is 14.9 Å². The van der Waals surface area contributed by atoms with Crippen molar-refractivity contribution in [1.29, 1.82) is 0 Å². The van der Waals surface area contributed by atoms with Crippen LogP contribution in [0.15, 0.2) is 30.3 Å². The van der Waals surface area contributed by atoms with Crippen molar-refractivity contribution in [2.45, 2.75) is 70.4 Å². The van der Waals surface area contributed by atoms with Gasteiger partial charge in [-0.3, -0.25) is 9.69 Å². The van der Waals surface area contributed by atoms with Gasteiger partial charge in [0.05, 0.1) is 36.9 Å². The summed E-state index contributed by atoms with van der Waals surface area (Å²) in [6.07, 6.45) is 3.81. The number of hydrogen-bond acceptors (Lipinski definition) is 5. The summed E-state index contributed by atoms with van der Waals surface area (Å²) in [6.45, 7) is 4.02. The third-order valence-corrected chi connectivity index (χ3v) is 8.33. The monoisotopic (exact) mass is 523 g/mol. The van der Waals surface area contributed by atoms with E-state index in [2.05, 4.69) is 4.57 Å². The molecular weight excluding hydrogens is 489 g/mol. The summed E-state index contributed by atoms with van der Waals surface area (Å²) in [5, 5.41) is 9.52. The average Bonchev–Trinajstić information content (AvgIpc) is 3.32. The number of carboxylic acid groups (broad SMARTS) is 1. The minimum absolute atomic E-state index is 0.00134. The minimum atomic E-state index is -0.743. The lowest BCUT2D eigenvalue weighted by Gasteiger charge is -2.34. The summed E-state index contributed by atoms with van der Waals surface area (Å²) >= 11 is 0. The van der Waals surface area contributed by atoms with Gasteiger partial charge in [0.25, 0.3) is 0 Å². The molecule has 0 radical (unpaired) electrons. The average molecular weight is 524 g/mol. The Kier molecular flexibility index (Phi) is 7.03. The van der Waals surface area contributed by atoms with Crippen molar-refractivity contribution in [2.24, 2.45) is 5.92 Å². The second-order valence-electron chi connectivity index (χ2n) is 10.5. The first-order valence-corrected chi connectivity index (χ1v) is 13.2. The first-order valence-electron chi connectivity index (χ1n) is 13.2. The summed E-state index contributed by atoms with van der Waals surface area (Å²) in [7, 11) is 2.83. The minimum Gasteiger partial charge on any atom is -0.494 e. The van der Waals surface area contributed by atoms with Gasteiger partial charge in [-0.1, -0.05) is 13.0 Å². The van der Waals surface area contributed by atoms with E-state index in [0.29, 0.717) is 12.8 Å². The number of carbonyl (C=O) groups excluding carboxylic acids is 1. The van der Waals surface area contributed by atoms with Crippen LogP contribution in [-0.4, -0.2) is 47.0 Å². The number of methoxy groups -OCH3 is 2. The molecule has 1 fully saturated rings. The van der Waals surface area contributed by atoms with Crippen molar-refractivity contribution in [1.82, 2.24) is 9.55 Å². The third kappa shape index (κ3) is 4.37. The van der Waals surface area contributed by atoms with E-state index in [9.17, 15) is 19.1 Å². The lowest BCUT2D eigenvalue weighted by molar-refractivity contribution is -0.143. The van der Waals surface area contributed by atoms with Crippen LogP contribution < -0.4 is 9.64 Å². The van der Waals surface area contributed by atoms with E-state index < -0.39 is 17.9 Å². The molecule has 1 amide bonds. The molecule has 38 heavy (non-hydrogen) atoms. The number of aliphatic carboxylic acids is 1. The number of hydrogen-bond donors (Lipinski definition) is 1. The number of aryl methyl sites for hydroxylation is 1. The lowest BCUT2D eigenvalue weighted by Crippen LogP contribution is -2.42. The van der Waals surface area contributed by atoms with Gasteiger partial charge < -0.3 is 19.1 Å². The zero-order valence-electron chi connectivity index (χ0n) is 22.2. The van der Waals surface area contributed by atoms with Gasteiger partial charge in [0.2, 0.25) is 0 Å². The fourth-order valence-electron chi connectivity index (χ4n) is 6.16. The van der Waals surface area contributed by atoms with Crippen LogP contribution >= 0.6 is 0 Å². The van der Waals surface area contributed by atoms with Crippen LogP contribution in [-0.2, 0) is 16.0 Å². The number of ether oxygens (including phenoxy) is 2. The zero-order valence-corrected chi connectivity index (χ0v) is 22.2. The molecule has 2 heterocycles. The predicted molar refractivity (Wildman–Crippen MR) is 141 cm³/mol. The Morgan fingerprint density at radius 1 is 1.11 bits per heavy atom. The van der Waals surface area contributed by atoms with Gasteiger partial charge in [-0.05, 0) is 75.3 Å². The topological polar surface area (TPSA) is 93.9 Å². The quantitative estimate of drug-likeness (QED) is 0.437. The number of carbonyl (C=O) groups is 2. The van der Waals surface area contributed by atoms with Crippen molar-refractivity contribution < 1.29 is 28.6 Å². The maximum Gasteiger partial charge on any atom is 0.414 e. The first kappa shape index (κ1) is 26.0. The standard InChI is InChI=1S/C29H34FN3O5/c1-16-5-11-21-23(32(16)29(36)38-4)12-13-24-26(21)31-27(17(2)19-8-14-25(37-3)22(30)15-19)33(24)20-9-6-18(7-10-20)28(34)35/h8,12-18,20H,5-7,9-11H2,1-4H3,(H,34,35)/t16-,17-,18?,20?/m0/s1. The summed E-state index contributed by atoms with van der Waals surface area (Å²) in [5.41, 5.74) is 4.37. The number of nitrogens with zero attached hydrogens (tertiary/aromatic N) is 3. The molecule has 0 saturated heterocycles. The highest BCUT2D eigenvalue weighted by Gasteiger charge is 2.34. The number of anilines is 1. The molecule has 0 spiro atoms. The van der Waals surface area contributed by atoms with Crippen molar-refractivity contribution >= 4 is 28.8 Å². The zero-order chi connectivity index (χ0) is 27.1. The smallest absolute Gasteiger partial charge is 0.414 e. The predicted octanol–water partition coefficient (Wildman–Crippen LogP) is 6.06. The Balaban J connectivity index is 1.65. The van der Waals surface area contributed by atoms with Gasteiger partial charge >= 0.3 is 12.1 Å². The SMILES string of the molecule is COC(=O)N1c2ccc3c(nc([C@@H](C)c4ccc(OC)c(F)c4)n3C3CCC(C(=O)O)CC3)c2CC[C@@H]1C. The molecule has 202 valence electrons. The molecular formula is C29H34FN3O5. The van der Waals surface area contributed by atoms with Gasteiger partial charge in [-0.25, -0.2) is 14.2 Å². The number of benzene rings is 2. The molecule has 0 bridgehead atoms. The van der Waals surface area contributed by atoms with E-state index in [1.54, 1.807) is 11.0 Å². The van der Waals surface area contributed by atoms with Gasteiger partial charge in [-0.2, -0.15) is 0 Å². The summed E-state index contributed by atoms with van der Waals surface area (Å²) in [5.74, 6) is -0.739. The van der Waals surface area contributed by atoms with Gasteiger partial charge in [0.1, 0.15) is 5.82 Å². The van der Waals surface area contributed by atoms with Crippen molar-refractivity contribution in [2.75, 3.05) is 19.1 Å². The Labute approximate surface area is 221 Å². The van der Waals surface area contributed by atoms with Crippen LogP contribution in [0, 0.1) is 11.7 Å².